The lowest BCUT2D eigenvalue weighted by molar-refractivity contribution is -0.922. The van der Waals surface area contributed by atoms with Crippen LogP contribution in [0.4, 0.5) is 0 Å². The first-order valence-corrected chi connectivity index (χ1v) is 42.1. The van der Waals surface area contributed by atoms with Crippen LogP contribution in [0.2, 0.25) is 5.02 Å². The Morgan fingerprint density at radius 3 is 1.02 bits per heavy atom. The standard InChI is InChI=1S/2C25H32NO6.C24H30NO5.C22H25ClNO4.4CH4.4HI/c1-26(2)11-10-17-12-22-24(32-15-31-22)25(30-5)23(17)20(26)13-18(27)8-6-16-7-9-19(28-3)14-21(16)29-4;1-26(2)11-10-17-13-22-24(32-15-31-22)25(30-5)23(17)19(26)14-18(27)8-6-16-7-9-20(28-3)21(12-16)29-4;1-25(2)11-10-17-13-21-23(30-15-29-21)24(28-4)22(17)20(25)14-18(26)9-8-16-6-5-7-19(12-16)27-3;1-24(2)9-8-15-11-19-21(28-13-27-19)22(26-3)20(15)18(24)12-16(25)10-14-6-4-5-7-17(14)23;;;;;;;;/h7,9,12,14,20H,6,8,10-11,13,15H2,1-5H3;7,9,12-13,19H,6,8,10-11,14-15H2,1-5H3;5-7,12-13,20H,8-11,14-15H2,1-4H3;4-7,11,18H,8-10,12-13H2,1-3H3;4*1H4;4*1H/q4*+1;;;;;;;;/p-4. The molecular weight excluding hydrogens is 2140 g/mol. The molecule has 0 aromatic heterocycles. The molecule has 4 atom stereocenters. The van der Waals surface area contributed by atoms with E-state index >= 15 is 0 Å². The van der Waals surface area contributed by atoms with Crippen LogP contribution in [0.3, 0.4) is 0 Å². The van der Waals surface area contributed by atoms with E-state index < -0.39 is 0 Å². The zero-order valence-corrected chi connectivity index (χ0v) is 84.6. The molecule has 0 radical (unpaired) electrons. The van der Waals surface area contributed by atoms with Crippen molar-refractivity contribution >= 4 is 34.7 Å². The average molecular weight is 2270 g/mol. The van der Waals surface area contributed by atoms with Gasteiger partial charge in [-0.25, -0.2) is 0 Å². The summed E-state index contributed by atoms with van der Waals surface area (Å²) in [5.74, 6) is 12.9. The van der Waals surface area contributed by atoms with Crippen molar-refractivity contribution in [1.82, 2.24) is 0 Å². The first-order chi connectivity index (χ1) is 58.6. The average Bonchev–Trinajstić information content (AvgIpc) is 1.35. The summed E-state index contributed by atoms with van der Waals surface area (Å²) >= 11 is 6.25. The Labute approximate surface area is 843 Å². The number of hydrogen-bond acceptors (Lipinski definition) is 21. The summed E-state index contributed by atoms with van der Waals surface area (Å²) in [4.78, 5) is 52.3. The SMILES string of the molecule is C.C.C.C.COc1c2c(cc3c1C(CC(=O)Cc1ccccc1Cl)[N+](C)(C)CC3)OCO2.COc1ccc(CCC(=O)CC2c3c(cc4c(c3OC)OCO4)CC[N+]2(C)C)c(OC)c1.COc1ccc(CCC(=O)CC2c3c(cc4c(c3OC)OCO4)CC[N+]2(C)C)cc1OC.COc1cccc(CCC(=O)CC2c3c(cc4c(c3OC)OCO4)CC[N+]2(C)C)c1.[I-].[I-].[I-].[I-]. The number of Topliss-reactive ketones (excluding diaryl/α,β-unsaturated/α-hetero) is 4. The number of fused-ring (bicyclic) bond motifs is 8. The minimum Gasteiger partial charge on any atom is -1.00 e. The quantitative estimate of drug-likeness (QED) is 0.0428. The molecule has 130 heavy (non-hydrogen) atoms. The maximum Gasteiger partial charge on any atom is 0.231 e. The summed E-state index contributed by atoms with van der Waals surface area (Å²) < 4.78 is 97.9. The summed E-state index contributed by atoms with van der Waals surface area (Å²) in [6.45, 7) is 4.59. The van der Waals surface area contributed by atoms with E-state index in [1.165, 1.54) is 22.3 Å². The summed E-state index contributed by atoms with van der Waals surface area (Å²) in [7, 11) is 32.2. The molecule has 0 saturated carbocycles. The van der Waals surface area contributed by atoms with Gasteiger partial charge in [0.1, 0.15) is 64.5 Å². The van der Waals surface area contributed by atoms with E-state index in [4.69, 9.17) is 92.1 Å². The van der Waals surface area contributed by atoms with Crippen molar-refractivity contribution in [2.45, 2.75) is 150 Å². The molecule has 0 spiro atoms. The molecule has 8 aromatic rings. The van der Waals surface area contributed by atoms with Crippen LogP contribution in [-0.4, -0.2) is 215 Å². The Kier molecular flexibility index (Phi) is 42.8. The van der Waals surface area contributed by atoms with Crippen LogP contribution in [0.1, 0.15) is 166 Å². The summed E-state index contributed by atoms with van der Waals surface area (Å²) in [5.41, 5.74) is 13.1. The minimum atomic E-state index is -0.0109. The highest BCUT2D eigenvalue weighted by Crippen LogP contribution is 2.57. The van der Waals surface area contributed by atoms with Crippen LogP contribution >= 0.6 is 11.6 Å². The number of nitrogens with zero attached hydrogens (tertiary/aromatic N) is 4. The lowest BCUT2D eigenvalue weighted by atomic mass is 9.86. The Bertz CT molecular complexity index is 5200. The fraction of sp³-hybridized carbons (Fsp3) is 0.480. The number of likely N-dealkylation sites (N-methyl/N-ethyl adjacent to an activating group) is 4. The maximum absolute atomic E-state index is 13.2. The molecule has 0 aliphatic carbocycles. The molecular formula is C100H135ClI4N4O21. The van der Waals surface area contributed by atoms with Gasteiger partial charge < -0.3 is 194 Å². The maximum atomic E-state index is 13.2. The van der Waals surface area contributed by atoms with Crippen molar-refractivity contribution in [2.24, 2.45) is 0 Å². The van der Waals surface area contributed by atoms with Gasteiger partial charge in [-0.3, -0.25) is 19.2 Å². The van der Waals surface area contributed by atoms with E-state index in [0.29, 0.717) is 127 Å². The summed E-state index contributed by atoms with van der Waals surface area (Å²) in [5, 5.41) is 0.634. The zero-order valence-electron chi connectivity index (χ0n) is 75.2. The van der Waals surface area contributed by atoms with Crippen LogP contribution in [0.25, 0.3) is 0 Å². The normalized spacial score (nSPS) is 17.3. The number of methoxy groups -OCH3 is 9. The molecule has 0 bridgehead atoms. The number of hydrogen-bond donors (Lipinski definition) is 0. The molecule has 8 aliphatic rings. The van der Waals surface area contributed by atoms with Crippen molar-refractivity contribution in [3.63, 3.8) is 0 Å². The van der Waals surface area contributed by atoms with E-state index in [1.54, 1.807) is 64.0 Å². The molecule has 0 N–H and O–H groups in total. The van der Waals surface area contributed by atoms with E-state index in [1.807, 2.05) is 91.0 Å². The van der Waals surface area contributed by atoms with Gasteiger partial charge in [0.25, 0.3) is 0 Å². The molecule has 8 aromatic carbocycles. The van der Waals surface area contributed by atoms with Crippen molar-refractivity contribution in [3.05, 3.63) is 181 Å². The van der Waals surface area contributed by atoms with Gasteiger partial charge in [-0.2, -0.15) is 0 Å². The van der Waals surface area contributed by atoms with E-state index in [0.717, 1.165) is 160 Å². The first-order valence-electron chi connectivity index (χ1n) is 41.7. The summed E-state index contributed by atoms with van der Waals surface area (Å²) in [6, 6.07) is 35.2. The van der Waals surface area contributed by atoms with Crippen LogP contribution in [0, 0.1) is 0 Å². The van der Waals surface area contributed by atoms with Crippen molar-refractivity contribution < 1.29 is 214 Å². The highest BCUT2D eigenvalue weighted by Gasteiger charge is 2.47. The second-order valence-electron chi connectivity index (χ2n) is 34.4. The first kappa shape index (κ1) is 113. The van der Waals surface area contributed by atoms with Gasteiger partial charge in [0.2, 0.25) is 50.2 Å². The van der Waals surface area contributed by atoms with E-state index in [2.05, 4.69) is 74.6 Å². The number of ether oxygens (including phenoxy) is 17. The molecule has 0 fully saturated rings. The van der Waals surface area contributed by atoms with E-state index in [-0.39, 0.29) is 200 Å². The number of carbonyl (C=O) groups is 4. The number of quaternary nitrogens is 4. The molecule has 8 heterocycles. The molecule has 4 unspecified atom stereocenters. The van der Waals surface area contributed by atoms with Gasteiger partial charge in [-0.15, -0.1) is 0 Å². The number of aryl methyl sites for hydroxylation is 3. The number of benzene rings is 8. The van der Waals surface area contributed by atoms with Crippen molar-refractivity contribution in [1.29, 1.82) is 0 Å². The fourth-order valence-corrected chi connectivity index (χ4v) is 18.5. The van der Waals surface area contributed by atoms with Crippen LogP contribution < -0.4 is 176 Å². The molecule has 0 saturated heterocycles. The minimum absolute atomic E-state index is 0. The smallest absolute Gasteiger partial charge is 0.231 e. The number of ketones is 4. The Hall–Kier alpha value is -7.91. The van der Waals surface area contributed by atoms with Gasteiger partial charge >= 0.3 is 0 Å². The molecule has 25 nitrogen and oxygen atoms in total. The molecule has 30 heteroatoms. The van der Waals surface area contributed by atoms with Gasteiger partial charge in [-0.1, -0.05) is 83.8 Å². The van der Waals surface area contributed by atoms with Crippen molar-refractivity contribution in [3.8, 4) is 97.7 Å². The van der Waals surface area contributed by atoms with E-state index in [9.17, 15) is 19.2 Å². The van der Waals surface area contributed by atoms with Gasteiger partial charge in [0.05, 0.1) is 194 Å². The lowest BCUT2D eigenvalue weighted by Crippen LogP contribution is -3.00. The predicted molar refractivity (Wildman–Crippen MR) is 488 cm³/mol. The Balaban J connectivity index is 0.000000301. The van der Waals surface area contributed by atoms with Gasteiger partial charge in [0.15, 0.2) is 57.5 Å². The third kappa shape index (κ3) is 25.2. The lowest BCUT2D eigenvalue weighted by Gasteiger charge is -2.43. The van der Waals surface area contributed by atoms with Crippen LogP contribution in [0.5, 0.6) is 97.7 Å². The second kappa shape index (κ2) is 49.4. The van der Waals surface area contributed by atoms with Gasteiger partial charge in [-0.05, 0) is 124 Å². The molecule has 716 valence electrons. The second-order valence-corrected chi connectivity index (χ2v) is 34.8. The van der Waals surface area contributed by atoms with Crippen LogP contribution in [-0.2, 0) is 70.5 Å². The van der Waals surface area contributed by atoms with Gasteiger partial charge in [0, 0.05) is 62.5 Å². The monoisotopic (exact) mass is 2270 g/mol. The number of halogens is 5. The molecule has 0 amide bonds. The largest absolute Gasteiger partial charge is 1.00 e. The number of rotatable bonds is 28. The third-order valence-corrected chi connectivity index (χ3v) is 25.9. The molecule has 16 rings (SSSR count). The highest BCUT2D eigenvalue weighted by atomic mass is 127. The molecule has 8 aliphatic heterocycles. The highest BCUT2D eigenvalue weighted by molar-refractivity contribution is 6.31. The third-order valence-electron chi connectivity index (χ3n) is 25.5. The Morgan fingerprint density at radius 1 is 0.331 bits per heavy atom. The van der Waals surface area contributed by atoms with Crippen LogP contribution in [0.15, 0.2) is 109 Å². The zero-order chi connectivity index (χ0) is 87.0. The summed E-state index contributed by atoms with van der Waals surface area (Å²) in [6.07, 6.45) is 9.16. The fourth-order valence-electron chi connectivity index (χ4n) is 18.3. The van der Waals surface area contributed by atoms with Crippen molar-refractivity contribution in [2.75, 3.05) is 174 Å². The topological polar surface area (TPSA) is 225 Å². The predicted octanol–water partition coefficient (Wildman–Crippen LogP) is 5.62. The Morgan fingerprint density at radius 2 is 0.669 bits per heavy atom. The number of carbonyl (C=O) groups excluding carboxylic acids is 4.